The van der Waals surface area contributed by atoms with E-state index in [1.165, 1.54) is 6.08 Å². The first-order valence-electron chi connectivity index (χ1n) is 8.58. The molecule has 0 bridgehead atoms. The van der Waals surface area contributed by atoms with Crippen LogP contribution in [0.5, 0.6) is 17.2 Å². The van der Waals surface area contributed by atoms with Gasteiger partial charge >= 0.3 is 5.97 Å². The molecule has 0 unspecified atom stereocenters. The van der Waals surface area contributed by atoms with E-state index >= 15 is 0 Å². The number of carbonyl (C=O) groups excluding carboxylic acids is 2. The maximum atomic E-state index is 11.8. The highest BCUT2D eigenvalue weighted by Gasteiger charge is 2.06. The molecular weight excluding hydrogens is 346 g/mol. The predicted molar refractivity (Wildman–Crippen MR) is 103 cm³/mol. The second kappa shape index (κ2) is 10.0. The molecule has 0 saturated heterocycles. The minimum Gasteiger partial charge on any atom is -0.494 e. The Balaban J connectivity index is 1.84. The summed E-state index contributed by atoms with van der Waals surface area (Å²) in [6, 6.07) is 14.2. The standard InChI is InChI=1S/C21H23NO5/c1-4-25-17-9-11-19(12-10-17)27-18-7-5-16(6-8-18)22-20(23)14-26-21(24)13-15(2)3/h5-13H,4,14H2,1-3H3,(H,22,23). The minimum absolute atomic E-state index is 0.340. The average Bonchev–Trinajstić information content (AvgIpc) is 2.63. The SMILES string of the molecule is CCOc1ccc(Oc2ccc(NC(=O)COC(=O)C=C(C)C)cc2)cc1. The van der Waals surface area contributed by atoms with Crippen molar-refractivity contribution in [3.63, 3.8) is 0 Å². The zero-order chi connectivity index (χ0) is 19.6. The lowest BCUT2D eigenvalue weighted by Crippen LogP contribution is -2.20. The van der Waals surface area contributed by atoms with Gasteiger partial charge in [-0.3, -0.25) is 4.79 Å². The Labute approximate surface area is 158 Å². The van der Waals surface area contributed by atoms with Crippen molar-refractivity contribution in [3.8, 4) is 17.2 Å². The number of rotatable bonds is 8. The Kier molecular flexibility index (Phi) is 7.43. The molecule has 6 nitrogen and oxygen atoms in total. The lowest BCUT2D eigenvalue weighted by atomic mass is 10.3. The third-order valence-corrected chi connectivity index (χ3v) is 3.26. The summed E-state index contributed by atoms with van der Waals surface area (Å²) in [6.45, 7) is 5.75. The van der Waals surface area contributed by atoms with Crippen LogP contribution in [0.3, 0.4) is 0 Å². The van der Waals surface area contributed by atoms with E-state index in [4.69, 9.17) is 14.2 Å². The Morgan fingerprint density at radius 2 is 1.48 bits per heavy atom. The van der Waals surface area contributed by atoms with Gasteiger partial charge in [-0.25, -0.2) is 4.79 Å². The molecule has 0 aliphatic rings. The smallest absolute Gasteiger partial charge is 0.331 e. The molecule has 0 saturated carbocycles. The van der Waals surface area contributed by atoms with Crippen molar-refractivity contribution in [2.75, 3.05) is 18.5 Å². The van der Waals surface area contributed by atoms with Crippen LogP contribution in [0.25, 0.3) is 0 Å². The zero-order valence-corrected chi connectivity index (χ0v) is 15.7. The van der Waals surface area contributed by atoms with Crippen LogP contribution in [0.15, 0.2) is 60.2 Å². The number of hydrogen-bond acceptors (Lipinski definition) is 5. The maximum absolute atomic E-state index is 11.8. The summed E-state index contributed by atoms with van der Waals surface area (Å²) in [5, 5.41) is 2.65. The fourth-order valence-electron chi connectivity index (χ4n) is 2.12. The van der Waals surface area contributed by atoms with Gasteiger partial charge in [0.25, 0.3) is 5.91 Å². The van der Waals surface area contributed by atoms with Crippen molar-refractivity contribution in [2.24, 2.45) is 0 Å². The van der Waals surface area contributed by atoms with Crippen LogP contribution in [0.4, 0.5) is 5.69 Å². The number of esters is 1. The fourth-order valence-corrected chi connectivity index (χ4v) is 2.12. The molecule has 0 atom stereocenters. The molecule has 2 rings (SSSR count). The van der Waals surface area contributed by atoms with E-state index in [1.807, 2.05) is 31.2 Å². The quantitative estimate of drug-likeness (QED) is 0.554. The van der Waals surface area contributed by atoms with Gasteiger partial charge in [0.1, 0.15) is 17.2 Å². The molecule has 1 amide bonds. The number of allylic oxidation sites excluding steroid dienone is 1. The molecule has 0 spiro atoms. The van der Waals surface area contributed by atoms with Gasteiger partial charge in [0, 0.05) is 11.8 Å². The number of nitrogens with one attached hydrogen (secondary N) is 1. The molecule has 2 aromatic carbocycles. The maximum Gasteiger partial charge on any atom is 0.331 e. The minimum atomic E-state index is -0.538. The van der Waals surface area contributed by atoms with Crippen molar-refractivity contribution in [1.29, 1.82) is 0 Å². The highest BCUT2D eigenvalue weighted by molar-refractivity contribution is 5.93. The van der Waals surface area contributed by atoms with Crippen LogP contribution in [0, 0.1) is 0 Å². The van der Waals surface area contributed by atoms with Crippen LogP contribution in [-0.4, -0.2) is 25.1 Å². The Bertz CT molecular complexity index is 790. The number of hydrogen-bond donors (Lipinski definition) is 1. The van der Waals surface area contributed by atoms with Crippen LogP contribution < -0.4 is 14.8 Å². The summed E-state index contributed by atoms with van der Waals surface area (Å²) in [5.74, 6) is 1.15. The molecule has 27 heavy (non-hydrogen) atoms. The Morgan fingerprint density at radius 1 is 0.926 bits per heavy atom. The topological polar surface area (TPSA) is 73.9 Å². The molecule has 0 aliphatic carbocycles. The average molecular weight is 369 g/mol. The van der Waals surface area contributed by atoms with E-state index in [2.05, 4.69) is 5.32 Å². The lowest BCUT2D eigenvalue weighted by molar-refractivity contribution is -0.142. The van der Waals surface area contributed by atoms with E-state index in [1.54, 1.807) is 38.1 Å². The first-order chi connectivity index (χ1) is 13.0. The summed E-state index contributed by atoms with van der Waals surface area (Å²) in [4.78, 5) is 23.2. The summed E-state index contributed by atoms with van der Waals surface area (Å²) < 4.78 is 16.0. The third-order valence-electron chi connectivity index (χ3n) is 3.26. The summed E-state index contributed by atoms with van der Waals surface area (Å²) in [6.07, 6.45) is 1.33. The molecule has 0 heterocycles. The first-order valence-corrected chi connectivity index (χ1v) is 8.58. The van der Waals surface area contributed by atoms with Gasteiger partial charge in [-0.15, -0.1) is 0 Å². The van der Waals surface area contributed by atoms with Crippen LogP contribution in [-0.2, 0) is 14.3 Å². The fraction of sp³-hybridized carbons (Fsp3) is 0.238. The first kappa shape index (κ1) is 20.0. The van der Waals surface area contributed by atoms with Gasteiger partial charge < -0.3 is 19.5 Å². The molecule has 0 radical (unpaired) electrons. The van der Waals surface area contributed by atoms with E-state index in [0.717, 1.165) is 11.3 Å². The van der Waals surface area contributed by atoms with Gasteiger partial charge in [-0.1, -0.05) is 5.57 Å². The van der Waals surface area contributed by atoms with Gasteiger partial charge in [-0.2, -0.15) is 0 Å². The zero-order valence-electron chi connectivity index (χ0n) is 15.7. The molecule has 0 aromatic heterocycles. The van der Waals surface area contributed by atoms with Gasteiger partial charge in [-0.05, 0) is 69.3 Å². The van der Waals surface area contributed by atoms with Crippen molar-refractivity contribution in [1.82, 2.24) is 0 Å². The van der Waals surface area contributed by atoms with E-state index in [9.17, 15) is 9.59 Å². The lowest BCUT2D eigenvalue weighted by Gasteiger charge is -2.09. The molecule has 0 fully saturated rings. The van der Waals surface area contributed by atoms with Crippen molar-refractivity contribution >= 4 is 17.6 Å². The summed E-state index contributed by atoms with van der Waals surface area (Å²) in [7, 11) is 0. The van der Waals surface area contributed by atoms with Gasteiger partial charge in [0.2, 0.25) is 0 Å². The van der Waals surface area contributed by atoms with Crippen molar-refractivity contribution in [2.45, 2.75) is 20.8 Å². The molecular formula is C21H23NO5. The number of carbonyl (C=O) groups is 2. The monoisotopic (exact) mass is 369 g/mol. The Morgan fingerprint density at radius 3 is 2.04 bits per heavy atom. The Hall–Kier alpha value is -3.28. The highest BCUT2D eigenvalue weighted by atomic mass is 16.5. The van der Waals surface area contributed by atoms with Crippen LogP contribution in [0.1, 0.15) is 20.8 Å². The summed E-state index contributed by atoms with van der Waals surface area (Å²) >= 11 is 0. The number of amides is 1. The van der Waals surface area contributed by atoms with E-state index in [-0.39, 0.29) is 6.61 Å². The second-order valence-corrected chi connectivity index (χ2v) is 5.91. The molecule has 6 heteroatoms. The largest absolute Gasteiger partial charge is 0.494 e. The van der Waals surface area contributed by atoms with E-state index < -0.39 is 11.9 Å². The van der Waals surface area contributed by atoms with Crippen molar-refractivity contribution < 1.29 is 23.8 Å². The number of ether oxygens (including phenoxy) is 3. The molecule has 2 aromatic rings. The highest BCUT2D eigenvalue weighted by Crippen LogP contribution is 2.25. The molecule has 0 aliphatic heterocycles. The third kappa shape index (κ3) is 7.23. The summed E-state index contributed by atoms with van der Waals surface area (Å²) in [5.41, 5.74) is 1.39. The predicted octanol–water partition coefficient (Wildman–Crippen LogP) is 4.33. The normalized spacial score (nSPS) is 9.89. The second-order valence-electron chi connectivity index (χ2n) is 5.91. The van der Waals surface area contributed by atoms with Crippen LogP contribution >= 0.6 is 0 Å². The van der Waals surface area contributed by atoms with E-state index in [0.29, 0.717) is 23.8 Å². The van der Waals surface area contributed by atoms with Gasteiger partial charge in [0.15, 0.2) is 6.61 Å². The van der Waals surface area contributed by atoms with Crippen LogP contribution in [0.2, 0.25) is 0 Å². The number of benzene rings is 2. The molecule has 142 valence electrons. The number of anilines is 1. The molecule has 1 N–H and O–H groups in total. The van der Waals surface area contributed by atoms with Gasteiger partial charge in [0.05, 0.1) is 6.61 Å². The van der Waals surface area contributed by atoms with Crippen molar-refractivity contribution in [3.05, 3.63) is 60.2 Å².